The van der Waals surface area contributed by atoms with E-state index in [0.717, 1.165) is 0 Å². The lowest BCUT2D eigenvalue weighted by Gasteiger charge is -1.99. The molecule has 0 aliphatic heterocycles. The molecule has 0 saturated carbocycles. The third kappa shape index (κ3) is 2.26. The van der Waals surface area contributed by atoms with Crippen LogP contribution in [-0.2, 0) is 4.74 Å². The lowest BCUT2D eigenvalue weighted by Crippen LogP contribution is -2.03. The lowest BCUT2D eigenvalue weighted by molar-refractivity contribution is 0.0601. The van der Waals surface area contributed by atoms with Crippen molar-refractivity contribution in [3.05, 3.63) is 52.6 Å². The van der Waals surface area contributed by atoms with Crippen molar-refractivity contribution >= 4 is 23.4 Å². The van der Waals surface area contributed by atoms with E-state index >= 15 is 0 Å². The van der Waals surface area contributed by atoms with Crippen molar-refractivity contribution in [3.63, 3.8) is 0 Å². The van der Waals surface area contributed by atoms with Crippen LogP contribution in [0.5, 0.6) is 0 Å². The zero-order valence-electron chi connectivity index (χ0n) is 9.44. The summed E-state index contributed by atoms with van der Waals surface area (Å²) in [5.74, 6) is -0.842. The summed E-state index contributed by atoms with van der Waals surface area (Å²) in [5.41, 5.74) is 0.809. The molecule has 2 aromatic rings. The van der Waals surface area contributed by atoms with Gasteiger partial charge in [0.15, 0.2) is 0 Å². The fourth-order valence-corrected chi connectivity index (χ4v) is 1.67. The Hall–Kier alpha value is -2.14. The molecule has 5 nitrogen and oxygen atoms in total. The molecule has 2 aromatic heterocycles. The number of carbonyl (C=O) groups is 2. The molecule has 92 valence electrons. The van der Waals surface area contributed by atoms with Crippen LogP contribution in [0.15, 0.2) is 30.6 Å². The molecule has 0 aliphatic rings. The smallest absolute Gasteiger partial charge is 0.339 e. The molecule has 6 heteroatoms. The molecule has 0 aromatic carbocycles. The van der Waals surface area contributed by atoms with Crippen molar-refractivity contribution < 1.29 is 14.3 Å². The van der Waals surface area contributed by atoms with Crippen LogP contribution in [0, 0.1) is 0 Å². The summed E-state index contributed by atoms with van der Waals surface area (Å²) in [7, 11) is 1.27. The second-order valence-electron chi connectivity index (χ2n) is 3.46. The number of hydrogen-bond acceptors (Lipinski definition) is 4. The van der Waals surface area contributed by atoms with E-state index in [1.165, 1.54) is 25.6 Å². The third-order valence-corrected chi connectivity index (χ3v) is 2.65. The summed E-state index contributed by atoms with van der Waals surface area (Å²) in [5, 5.41) is 0.122. The highest BCUT2D eigenvalue weighted by atomic mass is 35.5. The molecule has 0 atom stereocenters. The monoisotopic (exact) mass is 264 g/mol. The standard InChI is InChI=1S/C12H9ClN2O3/c1-18-12(17)7-5-9(15-6-7)10(16)8-3-2-4-14-11(8)13/h2-6,15H,1H3. The molecule has 0 spiro atoms. The molecule has 0 radical (unpaired) electrons. The number of hydrogen-bond donors (Lipinski definition) is 1. The van der Waals surface area contributed by atoms with Crippen LogP contribution in [-0.4, -0.2) is 28.8 Å². The Balaban J connectivity index is 2.33. The number of H-pyrrole nitrogens is 1. The Morgan fingerprint density at radius 1 is 1.44 bits per heavy atom. The van der Waals surface area contributed by atoms with Crippen LogP contribution in [0.25, 0.3) is 0 Å². The van der Waals surface area contributed by atoms with E-state index in [2.05, 4.69) is 14.7 Å². The summed E-state index contributed by atoms with van der Waals surface area (Å²) in [6.45, 7) is 0. The number of methoxy groups -OCH3 is 1. The van der Waals surface area contributed by atoms with Crippen LogP contribution in [0.2, 0.25) is 5.15 Å². The van der Waals surface area contributed by atoms with Gasteiger partial charge in [-0.3, -0.25) is 4.79 Å². The van der Waals surface area contributed by atoms with Gasteiger partial charge in [0.05, 0.1) is 23.9 Å². The summed E-state index contributed by atoms with van der Waals surface area (Å²) in [6, 6.07) is 4.59. The molecule has 2 rings (SSSR count). The second-order valence-corrected chi connectivity index (χ2v) is 3.82. The first kappa shape index (κ1) is 12.3. The fraction of sp³-hybridized carbons (Fsp3) is 0.0833. The van der Waals surface area contributed by atoms with Gasteiger partial charge < -0.3 is 9.72 Å². The van der Waals surface area contributed by atoms with Gasteiger partial charge in [0, 0.05) is 12.4 Å². The van der Waals surface area contributed by atoms with Crippen LogP contribution >= 0.6 is 11.6 Å². The minimum Gasteiger partial charge on any atom is -0.465 e. The predicted molar refractivity (Wildman–Crippen MR) is 64.8 cm³/mol. The number of ether oxygens (including phenoxy) is 1. The molecule has 0 amide bonds. The van der Waals surface area contributed by atoms with Crippen LogP contribution in [0.1, 0.15) is 26.4 Å². The Kier molecular flexibility index (Phi) is 3.43. The van der Waals surface area contributed by atoms with Gasteiger partial charge in [-0.25, -0.2) is 9.78 Å². The van der Waals surface area contributed by atoms with Gasteiger partial charge in [-0.1, -0.05) is 11.6 Å². The van der Waals surface area contributed by atoms with Crippen molar-refractivity contribution in [1.82, 2.24) is 9.97 Å². The number of aromatic amines is 1. The van der Waals surface area contributed by atoms with E-state index in [-0.39, 0.29) is 27.8 Å². The van der Waals surface area contributed by atoms with E-state index in [9.17, 15) is 9.59 Å². The summed E-state index contributed by atoms with van der Waals surface area (Å²) in [4.78, 5) is 29.9. The molecule has 0 fully saturated rings. The summed E-state index contributed by atoms with van der Waals surface area (Å²) >= 11 is 5.83. The van der Waals surface area contributed by atoms with Crippen molar-refractivity contribution in [3.8, 4) is 0 Å². The maximum absolute atomic E-state index is 12.1. The zero-order valence-corrected chi connectivity index (χ0v) is 10.2. The van der Waals surface area contributed by atoms with Crippen LogP contribution < -0.4 is 0 Å². The van der Waals surface area contributed by atoms with Gasteiger partial charge in [0.2, 0.25) is 5.78 Å². The molecule has 2 heterocycles. The van der Waals surface area contributed by atoms with Crippen molar-refractivity contribution in [2.45, 2.75) is 0 Å². The quantitative estimate of drug-likeness (QED) is 0.523. The average Bonchev–Trinajstić information content (AvgIpc) is 2.87. The Morgan fingerprint density at radius 2 is 2.22 bits per heavy atom. The van der Waals surface area contributed by atoms with Crippen molar-refractivity contribution in [2.24, 2.45) is 0 Å². The maximum atomic E-state index is 12.1. The average molecular weight is 265 g/mol. The van der Waals surface area contributed by atoms with Crippen LogP contribution in [0.4, 0.5) is 0 Å². The van der Waals surface area contributed by atoms with Gasteiger partial charge in [0.1, 0.15) is 5.15 Å². The normalized spacial score (nSPS) is 10.1. The predicted octanol–water partition coefficient (Wildman–Crippen LogP) is 2.08. The number of halogens is 1. The van der Waals surface area contributed by atoms with Gasteiger partial charge in [-0.15, -0.1) is 0 Å². The van der Waals surface area contributed by atoms with E-state index in [0.29, 0.717) is 0 Å². The molecular weight excluding hydrogens is 256 g/mol. The maximum Gasteiger partial charge on any atom is 0.339 e. The number of esters is 1. The molecule has 18 heavy (non-hydrogen) atoms. The third-order valence-electron chi connectivity index (χ3n) is 2.35. The number of carbonyl (C=O) groups excluding carboxylic acids is 2. The first-order valence-corrected chi connectivity index (χ1v) is 5.43. The zero-order chi connectivity index (χ0) is 13.1. The Bertz CT molecular complexity index is 607. The molecule has 0 bridgehead atoms. The highest BCUT2D eigenvalue weighted by Gasteiger charge is 2.17. The number of aromatic nitrogens is 2. The van der Waals surface area contributed by atoms with Crippen LogP contribution in [0.3, 0.4) is 0 Å². The Morgan fingerprint density at radius 3 is 2.89 bits per heavy atom. The first-order valence-electron chi connectivity index (χ1n) is 5.05. The topological polar surface area (TPSA) is 72.1 Å². The SMILES string of the molecule is COC(=O)c1c[nH]c(C(=O)c2cccnc2Cl)c1. The number of pyridine rings is 1. The number of rotatable bonds is 3. The minimum atomic E-state index is -0.511. The molecule has 0 aliphatic carbocycles. The first-order chi connectivity index (χ1) is 8.63. The number of ketones is 1. The van der Waals surface area contributed by atoms with Gasteiger partial charge in [-0.05, 0) is 18.2 Å². The van der Waals surface area contributed by atoms with E-state index in [1.54, 1.807) is 12.1 Å². The largest absolute Gasteiger partial charge is 0.465 e. The lowest BCUT2D eigenvalue weighted by atomic mass is 10.1. The Labute approximate surface area is 108 Å². The highest BCUT2D eigenvalue weighted by molar-refractivity contribution is 6.33. The van der Waals surface area contributed by atoms with Crippen molar-refractivity contribution in [2.75, 3.05) is 7.11 Å². The second kappa shape index (κ2) is 5.01. The van der Waals surface area contributed by atoms with E-state index in [4.69, 9.17) is 11.6 Å². The van der Waals surface area contributed by atoms with E-state index < -0.39 is 5.97 Å². The number of nitrogens with zero attached hydrogens (tertiary/aromatic N) is 1. The van der Waals surface area contributed by atoms with Crippen molar-refractivity contribution in [1.29, 1.82) is 0 Å². The summed E-state index contributed by atoms with van der Waals surface area (Å²) in [6.07, 6.45) is 2.90. The van der Waals surface area contributed by atoms with Gasteiger partial charge in [-0.2, -0.15) is 0 Å². The van der Waals surface area contributed by atoms with Gasteiger partial charge in [0.25, 0.3) is 0 Å². The summed E-state index contributed by atoms with van der Waals surface area (Å²) < 4.78 is 4.55. The van der Waals surface area contributed by atoms with E-state index in [1.807, 2.05) is 0 Å². The minimum absolute atomic E-state index is 0.122. The number of nitrogens with one attached hydrogen (secondary N) is 1. The van der Waals surface area contributed by atoms with Gasteiger partial charge >= 0.3 is 5.97 Å². The molecule has 1 N–H and O–H groups in total. The fourth-order valence-electron chi connectivity index (χ4n) is 1.46. The molecule has 0 unspecified atom stereocenters. The molecule has 0 saturated heterocycles. The highest BCUT2D eigenvalue weighted by Crippen LogP contribution is 2.17. The molecular formula is C12H9ClN2O3.